The molecule has 0 saturated heterocycles. The van der Waals surface area contributed by atoms with Crippen molar-refractivity contribution < 1.29 is 19.5 Å². The Hall–Kier alpha value is -3.93. The minimum Gasteiger partial charge on any atom is -0.480 e. The Balaban J connectivity index is 2.20. The van der Waals surface area contributed by atoms with Crippen LogP contribution < -0.4 is 22.1 Å². The maximum atomic E-state index is 13.1. The van der Waals surface area contributed by atoms with E-state index < -0.39 is 36.0 Å². The average molecular weight is 500 g/mol. The number of nitrogens with two attached hydrogens (primary N) is 2. The number of aliphatic carboxylic acids is 1. The molecule has 7 N–H and O–H groups in total. The highest BCUT2D eigenvalue weighted by molar-refractivity contribution is 7.79. The molecule has 0 aliphatic heterocycles. The zero-order valence-electron chi connectivity index (χ0n) is 19.2. The lowest BCUT2D eigenvalue weighted by atomic mass is 10.0. The van der Waals surface area contributed by atoms with Crippen LogP contribution in [0.25, 0.3) is 0 Å². The molecule has 3 amide bonds. The van der Waals surface area contributed by atoms with Crippen molar-refractivity contribution in [3.63, 3.8) is 0 Å². The monoisotopic (exact) mass is 499 g/mol. The van der Waals surface area contributed by atoms with Crippen molar-refractivity contribution in [2.75, 3.05) is 0 Å². The Kier molecular flexibility index (Phi) is 10.7. The van der Waals surface area contributed by atoms with Gasteiger partial charge in [0.25, 0.3) is 0 Å². The molecule has 0 spiro atoms. The normalized spacial score (nSPS) is 13.4. The van der Waals surface area contributed by atoms with Crippen LogP contribution in [0.5, 0.6) is 0 Å². The molecule has 2 rings (SSSR count). The molecule has 0 bridgehead atoms. The summed E-state index contributed by atoms with van der Waals surface area (Å²) in [6.07, 6.45) is 0.348. The third-order valence-corrected chi connectivity index (χ3v) is 5.32. The summed E-state index contributed by atoms with van der Waals surface area (Å²) in [6.45, 7) is 1.69. The molecule has 3 atom stereocenters. The van der Waals surface area contributed by atoms with Crippen molar-refractivity contribution in [2.24, 2.45) is 26.7 Å². The van der Waals surface area contributed by atoms with Crippen molar-refractivity contribution >= 4 is 42.2 Å². The second-order valence-corrected chi connectivity index (χ2v) is 7.89. The molecule has 12 heteroatoms. The number of guanidine groups is 1. The third-order valence-electron chi connectivity index (χ3n) is 4.95. The lowest BCUT2D eigenvalue weighted by Gasteiger charge is -2.24. The average Bonchev–Trinajstić information content (AvgIpc) is 2.84. The number of carboxylic acids is 1. The molecule has 0 aromatic heterocycles. The molecule has 186 valence electrons. The minimum absolute atomic E-state index is 0.0933. The first kappa shape index (κ1) is 27.3. The highest BCUT2D eigenvalue weighted by Gasteiger charge is 2.32. The number of nitrogens with one attached hydrogen (secondary N) is 2. The highest BCUT2D eigenvalue weighted by Crippen LogP contribution is 2.15. The molecular weight excluding hydrogens is 470 g/mol. The van der Waals surface area contributed by atoms with Crippen LogP contribution in [0.2, 0.25) is 0 Å². The number of benzene rings is 2. The van der Waals surface area contributed by atoms with Crippen LogP contribution in [-0.2, 0) is 21.8 Å². The van der Waals surface area contributed by atoms with Gasteiger partial charge in [-0.25, -0.2) is 14.6 Å². The van der Waals surface area contributed by atoms with Crippen LogP contribution in [0.4, 0.5) is 10.5 Å². The fourth-order valence-corrected chi connectivity index (χ4v) is 3.39. The summed E-state index contributed by atoms with van der Waals surface area (Å²) in [7, 11) is 0. The largest absolute Gasteiger partial charge is 0.480 e. The number of thiol groups is 1. The molecule has 11 nitrogen and oxygen atoms in total. The van der Waals surface area contributed by atoms with E-state index in [0.29, 0.717) is 11.4 Å². The Morgan fingerprint density at radius 1 is 1.00 bits per heavy atom. The highest BCUT2D eigenvalue weighted by atomic mass is 32.1. The van der Waals surface area contributed by atoms with Gasteiger partial charge in [0.1, 0.15) is 12.1 Å². The Bertz CT molecular complexity index is 1060. The van der Waals surface area contributed by atoms with Crippen LogP contribution in [0.3, 0.4) is 0 Å². The number of nitrogens with zero attached hydrogens (tertiary/aromatic N) is 3. The van der Waals surface area contributed by atoms with Gasteiger partial charge in [-0.1, -0.05) is 54.5 Å². The topological polar surface area (TPSA) is 185 Å². The van der Waals surface area contributed by atoms with E-state index >= 15 is 0 Å². The predicted octanol–water partition coefficient (Wildman–Crippen LogP) is 2.14. The van der Waals surface area contributed by atoms with Gasteiger partial charge in [0.15, 0.2) is 5.96 Å². The van der Waals surface area contributed by atoms with E-state index in [0.717, 1.165) is 11.1 Å². The van der Waals surface area contributed by atoms with Gasteiger partial charge in [0, 0.05) is 12.2 Å². The van der Waals surface area contributed by atoms with Crippen molar-refractivity contribution in [2.45, 2.75) is 43.6 Å². The molecule has 0 saturated carbocycles. The van der Waals surface area contributed by atoms with Gasteiger partial charge >= 0.3 is 12.0 Å². The zero-order chi connectivity index (χ0) is 25.8. The number of amides is 3. The molecule has 0 fully saturated rings. The first-order valence-electron chi connectivity index (χ1n) is 10.8. The summed E-state index contributed by atoms with van der Waals surface area (Å²) < 4.78 is 0. The van der Waals surface area contributed by atoms with Gasteiger partial charge in [-0.2, -0.15) is 12.6 Å². The van der Waals surface area contributed by atoms with Gasteiger partial charge in [-0.05, 0) is 29.7 Å². The maximum Gasteiger partial charge on any atom is 0.360 e. The molecule has 0 radical (unpaired) electrons. The van der Waals surface area contributed by atoms with Crippen molar-refractivity contribution in [3.8, 4) is 0 Å². The molecular formula is C23H29N7O4S. The quantitative estimate of drug-likeness (QED) is 0.119. The number of rotatable bonds is 11. The molecule has 0 aliphatic carbocycles. The fourth-order valence-electron chi connectivity index (χ4n) is 3.18. The minimum atomic E-state index is -1.41. The van der Waals surface area contributed by atoms with Gasteiger partial charge < -0.3 is 27.2 Å². The number of carbonyl (C=O) groups excluding carboxylic acids is 2. The smallest absolute Gasteiger partial charge is 0.360 e. The van der Waals surface area contributed by atoms with Crippen molar-refractivity contribution in [3.05, 3.63) is 65.7 Å². The number of hydrogen-bond acceptors (Lipinski definition) is 6. The van der Waals surface area contributed by atoms with Crippen LogP contribution >= 0.6 is 12.6 Å². The summed E-state index contributed by atoms with van der Waals surface area (Å²) >= 11 is 4.19. The number of urea groups is 1. The Morgan fingerprint density at radius 3 is 2.20 bits per heavy atom. The van der Waals surface area contributed by atoms with Gasteiger partial charge in [-0.15, -0.1) is 5.11 Å². The maximum absolute atomic E-state index is 13.1. The molecule has 2 aromatic rings. The predicted molar refractivity (Wildman–Crippen MR) is 136 cm³/mol. The molecule has 3 unspecified atom stereocenters. The van der Waals surface area contributed by atoms with Gasteiger partial charge in [0.2, 0.25) is 5.91 Å². The first-order valence-corrected chi connectivity index (χ1v) is 11.4. The second kappa shape index (κ2) is 13.7. The summed E-state index contributed by atoms with van der Waals surface area (Å²) in [5, 5.41) is 22.1. The van der Waals surface area contributed by atoms with Gasteiger partial charge in [0.05, 0.1) is 11.7 Å². The van der Waals surface area contributed by atoms with E-state index in [-0.39, 0.29) is 18.8 Å². The molecule has 35 heavy (non-hydrogen) atoms. The number of carboxylic acid groups (broad SMARTS) is 1. The lowest BCUT2D eigenvalue weighted by molar-refractivity contribution is -0.142. The van der Waals surface area contributed by atoms with Crippen LogP contribution in [0, 0.1) is 0 Å². The fraction of sp³-hybridized carbons (Fsp3) is 0.304. The van der Waals surface area contributed by atoms with E-state index in [1.165, 1.54) is 0 Å². The second-order valence-electron chi connectivity index (χ2n) is 7.57. The molecule has 2 aromatic carbocycles. The van der Waals surface area contributed by atoms with Crippen LogP contribution in [0.1, 0.15) is 24.5 Å². The van der Waals surface area contributed by atoms with Crippen molar-refractivity contribution in [1.82, 2.24) is 10.6 Å². The summed E-state index contributed by atoms with van der Waals surface area (Å²) in [5.74, 6) is -1.78. The third kappa shape index (κ3) is 9.08. The van der Waals surface area contributed by atoms with Gasteiger partial charge in [-0.3, -0.25) is 4.79 Å². The molecule has 0 heterocycles. The first-order chi connectivity index (χ1) is 16.7. The molecule has 0 aliphatic rings. The SMILES string of the molecule is CCC(N=C(N)N)C(NC(=O)C(Cc1ccccc1)NC(=O)N=Nc1ccc(CS)cc1)C(=O)O. The Labute approximate surface area is 208 Å². The van der Waals surface area contributed by atoms with E-state index in [1.807, 2.05) is 6.07 Å². The summed E-state index contributed by atoms with van der Waals surface area (Å²) in [4.78, 5) is 41.3. The standard InChI is InChI=1S/C23H29N7O4S/c1-2-17(26-22(24)25)19(21(32)33)28-20(31)18(12-14-6-4-3-5-7-14)27-23(34)30-29-16-10-8-15(13-35)9-11-16/h3-11,17-19,35H,2,12-13H2,1H3,(H,27,34)(H,28,31)(H,32,33)(H4,24,25,26). The van der Waals surface area contributed by atoms with Crippen molar-refractivity contribution in [1.29, 1.82) is 0 Å². The zero-order valence-corrected chi connectivity index (χ0v) is 20.1. The van der Waals surface area contributed by atoms with E-state index in [2.05, 4.69) is 38.5 Å². The number of aliphatic imine (C=N–C) groups is 1. The Morgan fingerprint density at radius 2 is 1.66 bits per heavy atom. The van der Waals surface area contributed by atoms with E-state index in [9.17, 15) is 19.5 Å². The summed E-state index contributed by atoms with van der Waals surface area (Å²) in [6, 6.07) is 11.6. The number of azo groups is 1. The van der Waals surface area contributed by atoms with Crippen LogP contribution in [0.15, 0.2) is 69.8 Å². The van der Waals surface area contributed by atoms with Crippen LogP contribution in [-0.4, -0.2) is 47.1 Å². The number of hydrogen-bond donors (Lipinski definition) is 6. The van der Waals surface area contributed by atoms with E-state index in [1.54, 1.807) is 55.5 Å². The van der Waals surface area contributed by atoms with E-state index in [4.69, 9.17) is 11.5 Å². The number of carbonyl (C=O) groups is 3. The lowest BCUT2D eigenvalue weighted by Crippen LogP contribution is -2.55. The summed E-state index contributed by atoms with van der Waals surface area (Å²) in [5.41, 5.74) is 13.0.